The van der Waals surface area contributed by atoms with Gasteiger partial charge in [0.15, 0.2) is 0 Å². The summed E-state index contributed by atoms with van der Waals surface area (Å²) in [5, 5.41) is 3.55. The molecule has 1 aliphatic heterocycles. The van der Waals surface area contributed by atoms with E-state index in [1.165, 1.54) is 16.7 Å². The number of pyridine rings is 1. The van der Waals surface area contributed by atoms with Crippen molar-refractivity contribution in [1.82, 2.24) is 4.98 Å². The van der Waals surface area contributed by atoms with Crippen LogP contribution in [0.25, 0.3) is 0 Å². The zero-order valence-corrected chi connectivity index (χ0v) is 9.98. The number of hydrogen-bond donors (Lipinski definition) is 1. The van der Waals surface area contributed by atoms with Crippen molar-refractivity contribution >= 4 is 5.82 Å². The Kier molecular flexibility index (Phi) is 2.56. The molecule has 1 aromatic heterocycles. The first-order valence-electron chi connectivity index (χ1n) is 6.16. The number of anilines is 1. The second kappa shape index (κ2) is 4.21. The molecule has 2 aromatic rings. The van der Waals surface area contributed by atoms with E-state index in [2.05, 4.69) is 47.6 Å². The van der Waals surface area contributed by atoms with Crippen molar-refractivity contribution in [2.75, 3.05) is 5.32 Å². The molecular weight excluding hydrogens is 208 g/mol. The lowest BCUT2D eigenvalue weighted by Gasteiger charge is -2.17. The Morgan fingerprint density at radius 2 is 2.00 bits per heavy atom. The fourth-order valence-electron chi connectivity index (χ4n) is 2.52. The number of nitrogens with zero attached hydrogens (tertiary/aromatic N) is 1. The van der Waals surface area contributed by atoms with E-state index in [-0.39, 0.29) is 0 Å². The number of nitrogens with one attached hydrogen (secondary N) is 1. The lowest BCUT2D eigenvalue weighted by Crippen LogP contribution is -2.10. The number of aromatic nitrogens is 1. The third kappa shape index (κ3) is 1.80. The van der Waals surface area contributed by atoms with Crippen molar-refractivity contribution in [3.8, 4) is 0 Å². The van der Waals surface area contributed by atoms with Crippen molar-refractivity contribution in [3.63, 3.8) is 0 Å². The second-order valence-electron chi connectivity index (χ2n) is 4.49. The highest BCUT2D eigenvalue weighted by atomic mass is 15.0. The minimum atomic E-state index is 0.377. The van der Waals surface area contributed by atoms with E-state index in [0.717, 1.165) is 18.7 Å². The normalized spacial score (nSPS) is 17.6. The molecule has 0 radical (unpaired) electrons. The van der Waals surface area contributed by atoms with E-state index < -0.39 is 0 Å². The summed E-state index contributed by atoms with van der Waals surface area (Å²) in [5.74, 6) is 1.04. The first-order chi connectivity index (χ1) is 8.38. The van der Waals surface area contributed by atoms with Crippen molar-refractivity contribution in [2.24, 2.45) is 0 Å². The molecule has 1 aromatic carbocycles. The molecule has 86 valence electrons. The van der Waals surface area contributed by atoms with Crippen molar-refractivity contribution in [3.05, 3.63) is 59.3 Å². The topological polar surface area (TPSA) is 24.9 Å². The van der Waals surface area contributed by atoms with Gasteiger partial charge in [-0.15, -0.1) is 0 Å². The quantitative estimate of drug-likeness (QED) is 0.801. The Morgan fingerprint density at radius 1 is 1.18 bits per heavy atom. The van der Waals surface area contributed by atoms with Crippen LogP contribution in [0.2, 0.25) is 0 Å². The fraction of sp³-hybridized carbons (Fsp3) is 0.267. The van der Waals surface area contributed by atoms with Crippen molar-refractivity contribution < 1.29 is 0 Å². The van der Waals surface area contributed by atoms with Crippen LogP contribution in [-0.4, -0.2) is 4.98 Å². The van der Waals surface area contributed by atoms with E-state index in [9.17, 15) is 0 Å². The van der Waals surface area contributed by atoms with Crippen LogP contribution in [-0.2, 0) is 6.42 Å². The average Bonchev–Trinajstić information content (AvgIpc) is 2.54. The van der Waals surface area contributed by atoms with Crippen LogP contribution in [0.15, 0.2) is 42.6 Å². The smallest absolute Gasteiger partial charge is 0.129 e. The van der Waals surface area contributed by atoms with Gasteiger partial charge in [-0.3, -0.25) is 0 Å². The van der Waals surface area contributed by atoms with E-state index in [4.69, 9.17) is 0 Å². The molecule has 0 spiro atoms. The second-order valence-corrected chi connectivity index (χ2v) is 4.49. The molecule has 0 saturated carbocycles. The highest BCUT2D eigenvalue weighted by Gasteiger charge is 2.19. The molecule has 17 heavy (non-hydrogen) atoms. The summed E-state index contributed by atoms with van der Waals surface area (Å²) < 4.78 is 0. The van der Waals surface area contributed by atoms with Gasteiger partial charge in [-0.25, -0.2) is 4.98 Å². The summed E-state index contributed by atoms with van der Waals surface area (Å²) in [7, 11) is 0. The van der Waals surface area contributed by atoms with Crippen LogP contribution in [0, 0.1) is 0 Å². The molecule has 0 unspecified atom stereocenters. The Balaban J connectivity index is 2.13. The van der Waals surface area contributed by atoms with Gasteiger partial charge in [0.25, 0.3) is 0 Å². The lowest BCUT2D eigenvalue weighted by molar-refractivity contribution is 0.744. The van der Waals surface area contributed by atoms with Crippen LogP contribution in [0.1, 0.15) is 36.1 Å². The lowest BCUT2D eigenvalue weighted by atomic mass is 9.96. The Bertz CT molecular complexity index is 534. The summed E-state index contributed by atoms with van der Waals surface area (Å²) >= 11 is 0. The van der Waals surface area contributed by atoms with Crippen LogP contribution >= 0.6 is 0 Å². The first kappa shape index (κ1) is 10.3. The molecule has 1 atom stereocenters. The maximum absolute atomic E-state index is 4.45. The largest absolute Gasteiger partial charge is 0.363 e. The van der Waals surface area contributed by atoms with Crippen LogP contribution < -0.4 is 5.32 Å². The molecule has 3 rings (SSSR count). The third-order valence-electron chi connectivity index (χ3n) is 3.42. The van der Waals surface area contributed by atoms with Gasteiger partial charge in [0.05, 0.1) is 6.04 Å². The molecule has 1 N–H and O–H groups in total. The zero-order chi connectivity index (χ0) is 11.7. The Morgan fingerprint density at radius 3 is 2.88 bits per heavy atom. The van der Waals surface area contributed by atoms with Gasteiger partial charge in [-0.05, 0) is 29.2 Å². The van der Waals surface area contributed by atoms with E-state index in [1.54, 1.807) is 0 Å². The van der Waals surface area contributed by atoms with Gasteiger partial charge in [0.1, 0.15) is 5.82 Å². The fourth-order valence-corrected chi connectivity index (χ4v) is 2.52. The summed E-state index contributed by atoms with van der Waals surface area (Å²) in [6.45, 7) is 2.21. The number of rotatable bonds is 1. The Labute approximate surface area is 102 Å². The van der Waals surface area contributed by atoms with Gasteiger partial charge >= 0.3 is 0 Å². The minimum Gasteiger partial charge on any atom is -0.363 e. The highest BCUT2D eigenvalue weighted by Crippen LogP contribution is 2.32. The average molecular weight is 224 g/mol. The third-order valence-corrected chi connectivity index (χ3v) is 3.42. The van der Waals surface area contributed by atoms with Crippen LogP contribution in [0.3, 0.4) is 0 Å². The van der Waals surface area contributed by atoms with Gasteiger partial charge in [0.2, 0.25) is 0 Å². The minimum absolute atomic E-state index is 0.377. The summed E-state index contributed by atoms with van der Waals surface area (Å²) in [6, 6.07) is 13.2. The highest BCUT2D eigenvalue weighted by molar-refractivity contribution is 5.52. The van der Waals surface area contributed by atoms with Gasteiger partial charge < -0.3 is 5.32 Å². The summed E-state index contributed by atoms with van der Waals surface area (Å²) in [4.78, 5) is 4.45. The van der Waals surface area contributed by atoms with E-state index >= 15 is 0 Å². The predicted molar refractivity (Wildman–Crippen MR) is 70.1 cm³/mol. The van der Waals surface area contributed by atoms with E-state index in [0.29, 0.717) is 6.04 Å². The van der Waals surface area contributed by atoms with Crippen molar-refractivity contribution in [1.29, 1.82) is 0 Å². The van der Waals surface area contributed by atoms with Gasteiger partial charge in [-0.1, -0.05) is 37.3 Å². The zero-order valence-electron chi connectivity index (χ0n) is 9.98. The first-order valence-corrected chi connectivity index (χ1v) is 6.16. The molecule has 2 heterocycles. The monoisotopic (exact) mass is 224 g/mol. The molecule has 0 aliphatic carbocycles. The maximum Gasteiger partial charge on any atom is 0.129 e. The van der Waals surface area contributed by atoms with Crippen LogP contribution in [0.4, 0.5) is 5.82 Å². The van der Waals surface area contributed by atoms with Crippen LogP contribution in [0.5, 0.6) is 0 Å². The molecule has 2 heteroatoms. The van der Waals surface area contributed by atoms with Gasteiger partial charge in [0, 0.05) is 12.6 Å². The summed E-state index contributed by atoms with van der Waals surface area (Å²) in [5.41, 5.74) is 4.11. The molecule has 0 amide bonds. The Hall–Kier alpha value is -1.83. The molecule has 1 aliphatic rings. The summed E-state index contributed by atoms with van der Waals surface area (Å²) in [6.07, 6.45) is 3.91. The number of fused-ring (bicyclic) bond motifs is 2. The van der Waals surface area contributed by atoms with Crippen molar-refractivity contribution in [2.45, 2.75) is 25.8 Å². The SMILES string of the molecule is CC[C@@H]1Nc2ncccc2Cc2ccccc21. The van der Waals surface area contributed by atoms with Gasteiger partial charge in [-0.2, -0.15) is 0 Å². The molecular formula is C15H16N2. The molecule has 0 bridgehead atoms. The molecule has 0 fully saturated rings. The molecule has 0 saturated heterocycles. The number of hydrogen-bond acceptors (Lipinski definition) is 2. The van der Waals surface area contributed by atoms with E-state index in [1.807, 2.05) is 12.3 Å². The number of benzene rings is 1. The predicted octanol–water partition coefficient (Wildman–Crippen LogP) is 3.55. The maximum atomic E-state index is 4.45. The molecule has 2 nitrogen and oxygen atoms in total. The standard InChI is InChI=1S/C15H16N2/c1-2-14-13-8-4-3-6-11(13)10-12-7-5-9-16-15(12)17-14/h3-9,14H,2,10H2,1H3,(H,16,17)/t14-/m0/s1.